The molecule has 2 aromatic carbocycles. The topological polar surface area (TPSA) is 75.6 Å². The minimum atomic E-state index is -1.43. The average molecular weight is 334 g/mol. The average Bonchev–Trinajstić information content (AvgIpc) is 2.56. The molecule has 2 atom stereocenters. The molecule has 0 aliphatic rings. The molecule has 0 aliphatic heterocycles. The molecule has 0 fully saturated rings. The maximum atomic E-state index is 12.0. The highest BCUT2D eigenvalue weighted by molar-refractivity contribution is 6.30. The van der Waals surface area contributed by atoms with E-state index in [4.69, 9.17) is 16.3 Å². The normalized spacial score (nSPS) is 13.0. The van der Waals surface area contributed by atoms with Crippen LogP contribution in [0, 0.1) is 0 Å². The lowest BCUT2D eigenvalue weighted by molar-refractivity contribution is -0.162. The molecule has 0 spiro atoms. The number of nitrogens with one attached hydrogen (secondary N) is 1. The highest BCUT2D eigenvalue weighted by Gasteiger charge is 2.24. The Hall–Kier alpha value is -2.37. The van der Waals surface area contributed by atoms with Crippen LogP contribution >= 0.6 is 11.6 Å². The predicted octanol–water partition coefficient (Wildman–Crippen LogP) is 2.94. The summed E-state index contributed by atoms with van der Waals surface area (Å²) in [6, 6.07) is 14.9. The number of amides is 1. The Morgan fingerprint density at radius 3 is 2.30 bits per heavy atom. The molecule has 5 nitrogen and oxygen atoms in total. The van der Waals surface area contributed by atoms with Crippen molar-refractivity contribution in [2.24, 2.45) is 0 Å². The van der Waals surface area contributed by atoms with Gasteiger partial charge in [0.2, 0.25) is 0 Å². The molecule has 0 unspecified atom stereocenters. The van der Waals surface area contributed by atoms with E-state index in [9.17, 15) is 14.7 Å². The first kappa shape index (κ1) is 17.0. The van der Waals surface area contributed by atoms with Crippen LogP contribution in [0.2, 0.25) is 5.02 Å². The lowest BCUT2D eigenvalue weighted by atomic mass is 10.1. The molecule has 0 saturated heterocycles. The minimum absolute atomic E-state index is 0.405. The maximum absolute atomic E-state index is 12.0. The largest absolute Gasteiger partial charge is 0.450 e. The van der Waals surface area contributed by atoms with Crippen molar-refractivity contribution in [3.05, 3.63) is 65.2 Å². The number of aliphatic hydroxyl groups is 1. The number of benzene rings is 2. The standard InChI is InChI=1S/C17H16ClNO4/c1-11(16(21)19-14-9-7-13(18)8-10-14)23-17(22)15(20)12-5-3-2-4-6-12/h2-11,15,20H,1H3,(H,19,21)/t11-,15+/m0/s1. The van der Waals surface area contributed by atoms with Gasteiger partial charge >= 0.3 is 5.97 Å². The number of halogens is 1. The molecule has 23 heavy (non-hydrogen) atoms. The van der Waals surface area contributed by atoms with Gasteiger partial charge in [-0.25, -0.2) is 4.79 Å². The third kappa shape index (κ3) is 4.81. The van der Waals surface area contributed by atoms with Crippen LogP contribution < -0.4 is 5.32 Å². The van der Waals surface area contributed by atoms with Crippen LogP contribution in [0.1, 0.15) is 18.6 Å². The monoisotopic (exact) mass is 333 g/mol. The van der Waals surface area contributed by atoms with Gasteiger partial charge in [0.1, 0.15) is 0 Å². The van der Waals surface area contributed by atoms with E-state index in [0.29, 0.717) is 16.3 Å². The maximum Gasteiger partial charge on any atom is 0.340 e. The van der Waals surface area contributed by atoms with Crippen molar-refractivity contribution in [1.29, 1.82) is 0 Å². The second-order valence-electron chi connectivity index (χ2n) is 4.89. The number of esters is 1. The van der Waals surface area contributed by atoms with E-state index < -0.39 is 24.1 Å². The summed E-state index contributed by atoms with van der Waals surface area (Å²) in [4.78, 5) is 23.9. The fraction of sp³-hybridized carbons (Fsp3) is 0.176. The lowest BCUT2D eigenvalue weighted by Gasteiger charge is -2.16. The van der Waals surface area contributed by atoms with E-state index in [0.717, 1.165) is 0 Å². The number of carbonyl (C=O) groups excluding carboxylic acids is 2. The van der Waals surface area contributed by atoms with Crippen LogP contribution in [-0.4, -0.2) is 23.1 Å². The smallest absolute Gasteiger partial charge is 0.340 e. The Morgan fingerprint density at radius 1 is 1.09 bits per heavy atom. The highest BCUT2D eigenvalue weighted by Crippen LogP contribution is 2.16. The molecule has 0 saturated carbocycles. The molecule has 0 aliphatic carbocycles. The van der Waals surface area contributed by atoms with E-state index in [-0.39, 0.29) is 0 Å². The number of hydrogen-bond donors (Lipinski definition) is 2. The zero-order valence-electron chi connectivity index (χ0n) is 12.4. The number of aliphatic hydroxyl groups excluding tert-OH is 1. The van der Waals surface area contributed by atoms with Gasteiger partial charge in [-0.3, -0.25) is 4.79 Å². The molecule has 0 aromatic heterocycles. The fourth-order valence-corrected chi connectivity index (χ4v) is 1.97. The Balaban J connectivity index is 1.92. The third-order valence-corrected chi connectivity index (χ3v) is 3.36. The number of anilines is 1. The van der Waals surface area contributed by atoms with Crippen molar-refractivity contribution < 1.29 is 19.4 Å². The van der Waals surface area contributed by atoms with Crippen LogP contribution in [0.5, 0.6) is 0 Å². The summed E-state index contributed by atoms with van der Waals surface area (Å²) in [5.41, 5.74) is 0.939. The van der Waals surface area contributed by atoms with Gasteiger partial charge in [-0.15, -0.1) is 0 Å². The molecule has 120 valence electrons. The van der Waals surface area contributed by atoms with Gasteiger partial charge < -0.3 is 15.2 Å². The lowest BCUT2D eigenvalue weighted by Crippen LogP contribution is -2.31. The highest BCUT2D eigenvalue weighted by atomic mass is 35.5. The van der Waals surface area contributed by atoms with Gasteiger partial charge in [-0.05, 0) is 36.8 Å². The first-order chi connectivity index (χ1) is 11.0. The van der Waals surface area contributed by atoms with Gasteiger partial charge in [-0.1, -0.05) is 41.9 Å². The van der Waals surface area contributed by atoms with E-state index in [1.54, 1.807) is 54.6 Å². The molecule has 2 rings (SSSR count). The summed E-state index contributed by atoms with van der Waals surface area (Å²) in [6.07, 6.45) is -2.47. The molecular weight excluding hydrogens is 318 g/mol. The van der Waals surface area contributed by atoms with Crippen LogP contribution in [0.25, 0.3) is 0 Å². The van der Waals surface area contributed by atoms with Gasteiger partial charge in [0.05, 0.1) is 0 Å². The number of carbonyl (C=O) groups is 2. The Bertz CT molecular complexity index is 673. The van der Waals surface area contributed by atoms with Crippen molar-refractivity contribution in [1.82, 2.24) is 0 Å². The van der Waals surface area contributed by atoms with E-state index >= 15 is 0 Å². The van der Waals surface area contributed by atoms with E-state index in [1.165, 1.54) is 6.92 Å². The van der Waals surface area contributed by atoms with Crippen molar-refractivity contribution in [2.45, 2.75) is 19.1 Å². The Morgan fingerprint density at radius 2 is 1.70 bits per heavy atom. The number of hydrogen-bond acceptors (Lipinski definition) is 4. The van der Waals surface area contributed by atoms with Gasteiger partial charge in [0.25, 0.3) is 5.91 Å². The minimum Gasteiger partial charge on any atom is -0.450 e. The summed E-state index contributed by atoms with van der Waals surface area (Å²) in [7, 11) is 0. The summed E-state index contributed by atoms with van der Waals surface area (Å²) < 4.78 is 5.00. The SMILES string of the molecule is C[C@H](OC(=O)[C@H](O)c1ccccc1)C(=O)Nc1ccc(Cl)cc1. The first-order valence-corrected chi connectivity index (χ1v) is 7.35. The Labute approximate surface area is 138 Å². The Kier molecular flexibility index (Phi) is 5.73. The van der Waals surface area contributed by atoms with Crippen molar-refractivity contribution in [3.63, 3.8) is 0 Å². The second kappa shape index (κ2) is 7.76. The molecule has 0 bridgehead atoms. The quantitative estimate of drug-likeness (QED) is 0.825. The van der Waals surface area contributed by atoms with Crippen molar-refractivity contribution >= 4 is 29.2 Å². The summed E-state index contributed by atoms with van der Waals surface area (Å²) in [5.74, 6) is -1.38. The van der Waals surface area contributed by atoms with Crippen LogP contribution in [-0.2, 0) is 14.3 Å². The van der Waals surface area contributed by atoms with Crippen molar-refractivity contribution in [3.8, 4) is 0 Å². The van der Waals surface area contributed by atoms with Gasteiger partial charge in [0, 0.05) is 10.7 Å². The second-order valence-corrected chi connectivity index (χ2v) is 5.32. The summed E-state index contributed by atoms with van der Waals surface area (Å²) in [6.45, 7) is 1.43. The summed E-state index contributed by atoms with van der Waals surface area (Å²) >= 11 is 5.76. The van der Waals surface area contributed by atoms with Crippen molar-refractivity contribution in [2.75, 3.05) is 5.32 Å². The zero-order chi connectivity index (χ0) is 16.8. The van der Waals surface area contributed by atoms with Crippen LogP contribution in [0.3, 0.4) is 0 Å². The van der Waals surface area contributed by atoms with E-state index in [2.05, 4.69) is 5.32 Å². The molecule has 0 heterocycles. The van der Waals surface area contributed by atoms with Crippen LogP contribution in [0.4, 0.5) is 5.69 Å². The number of rotatable bonds is 5. The van der Waals surface area contributed by atoms with Gasteiger partial charge in [-0.2, -0.15) is 0 Å². The molecular formula is C17H16ClNO4. The van der Waals surface area contributed by atoms with E-state index in [1.807, 2.05) is 0 Å². The number of ether oxygens (including phenoxy) is 1. The zero-order valence-corrected chi connectivity index (χ0v) is 13.2. The molecule has 1 amide bonds. The predicted molar refractivity (Wildman–Crippen MR) is 87.0 cm³/mol. The fourth-order valence-electron chi connectivity index (χ4n) is 1.84. The molecule has 2 aromatic rings. The third-order valence-electron chi connectivity index (χ3n) is 3.11. The van der Waals surface area contributed by atoms with Gasteiger partial charge in [0.15, 0.2) is 12.2 Å². The molecule has 0 radical (unpaired) electrons. The summed E-state index contributed by atoms with van der Waals surface area (Å²) in [5, 5.41) is 13.1. The van der Waals surface area contributed by atoms with Crippen LogP contribution in [0.15, 0.2) is 54.6 Å². The molecule has 6 heteroatoms. The first-order valence-electron chi connectivity index (χ1n) is 6.97. The molecule has 2 N–H and O–H groups in total.